The van der Waals surface area contributed by atoms with Gasteiger partial charge in [-0.2, -0.15) is 0 Å². The predicted octanol–water partition coefficient (Wildman–Crippen LogP) is 0.886. The first-order valence-electron chi connectivity index (χ1n) is 1.22. The molecule has 0 aromatic heterocycles. The summed E-state index contributed by atoms with van der Waals surface area (Å²) in [6, 6.07) is 0. The monoisotopic (exact) mass is 136 g/mol. The van der Waals surface area contributed by atoms with Crippen molar-refractivity contribution in [3.8, 4) is 0 Å². The predicted molar refractivity (Wildman–Crippen MR) is 25.1 cm³/mol. The summed E-state index contributed by atoms with van der Waals surface area (Å²) in [6.07, 6.45) is 1.39. The van der Waals surface area contributed by atoms with Gasteiger partial charge in [0, 0.05) is 0 Å². The third-order valence-corrected chi connectivity index (χ3v) is 0.568. The van der Waals surface area contributed by atoms with Crippen LogP contribution >= 0.6 is 15.9 Å². The highest BCUT2D eigenvalue weighted by molar-refractivity contribution is 9.09. The zero-order chi connectivity index (χ0) is 4.28. The maximum absolute atomic E-state index is 8.16. The van der Waals surface area contributed by atoms with Crippen molar-refractivity contribution in [1.82, 2.24) is 0 Å². The van der Waals surface area contributed by atoms with Crippen molar-refractivity contribution in [2.45, 2.75) is 5.01 Å². The first-order chi connectivity index (χ1) is 2.27. The Hall–Kier alpha value is 0.180. The molecule has 0 amide bonds. The molecule has 1 atom stereocenters. The smallest absolute Gasteiger partial charge is 0.127 e. The largest absolute Gasteiger partial charge is 0.378 e. The average molecular weight is 137 g/mol. The van der Waals surface area contributed by atoms with Crippen LogP contribution in [0.3, 0.4) is 0 Å². The molecule has 0 aliphatic carbocycles. The van der Waals surface area contributed by atoms with E-state index in [0.717, 1.165) is 0 Å². The summed E-state index contributed by atoms with van der Waals surface area (Å²) >= 11 is 2.81. The Morgan fingerprint density at radius 2 is 2.20 bits per heavy atom. The fourth-order valence-electron chi connectivity index (χ4n) is 0. The van der Waals surface area contributed by atoms with Gasteiger partial charge in [-0.25, -0.2) is 0 Å². The Morgan fingerprint density at radius 3 is 2.20 bits per heavy atom. The van der Waals surface area contributed by atoms with Crippen molar-refractivity contribution in [2.24, 2.45) is 0 Å². The minimum absolute atomic E-state index is 0.539. The van der Waals surface area contributed by atoms with E-state index in [4.69, 9.17) is 5.11 Å². The van der Waals surface area contributed by atoms with E-state index in [9.17, 15) is 0 Å². The lowest BCUT2D eigenvalue weighted by atomic mass is 10.7. The lowest BCUT2D eigenvalue weighted by molar-refractivity contribution is 0.316. The van der Waals surface area contributed by atoms with Crippen LogP contribution in [-0.2, 0) is 0 Å². The van der Waals surface area contributed by atoms with Gasteiger partial charge >= 0.3 is 0 Å². The number of aliphatic hydroxyl groups excluding tert-OH is 1. The topological polar surface area (TPSA) is 20.2 Å². The minimum Gasteiger partial charge on any atom is -0.378 e. The Morgan fingerprint density at radius 1 is 2.00 bits per heavy atom. The van der Waals surface area contributed by atoms with Crippen LogP contribution in [0.2, 0.25) is 0 Å². The number of alkyl halides is 1. The van der Waals surface area contributed by atoms with Crippen molar-refractivity contribution >= 4 is 15.9 Å². The van der Waals surface area contributed by atoms with E-state index in [0.29, 0.717) is 0 Å². The van der Waals surface area contributed by atoms with Crippen molar-refractivity contribution in [2.75, 3.05) is 0 Å². The van der Waals surface area contributed by atoms with E-state index in [-0.39, 0.29) is 0 Å². The van der Waals surface area contributed by atoms with E-state index < -0.39 is 5.01 Å². The minimum atomic E-state index is -0.539. The van der Waals surface area contributed by atoms with Crippen LogP contribution in [-0.4, -0.2) is 10.1 Å². The summed E-state index contributed by atoms with van der Waals surface area (Å²) in [5.74, 6) is 0. The molecule has 0 bridgehead atoms. The number of halogens is 1. The highest BCUT2D eigenvalue weighted by Crippen LogP contribution is 1.90. The molecular weight excluding hydrogens is 132 g/mol. The molecule has 0 aromatic rings. The van der Waals surface area contributed by atoms with Crippen LogP contribution in [0.4, 0.5) is 0 Å². The Balaban J connectivity index is 2.83. The molecule has 0 heterocycles. The maximum Gasteiger partial charge on any atom is 0.127 e. The molecule has 0 rings (SSSR count). The highest BCUT2D eigenvalue weighted by Gasteiger charge is 1.78. The van der Waals surface area contributed by atoms with Gasteiger partial charge < -0.3 is 5.11 Å². The van der Waals surface area contributed by atoms with Gasteiger partial charge in [-0.1, -0.05) is 28.6 Å². The molecule has 1 N–H and O–H groups in total. The number of rotatable bonds is 1. The number of aliphatic hydroxyl groups is 1. The molecule has 5 heavy (non-hydrogen) atoms. The maximum atomic E-state index is 8.16. The lowest BCUT2D eigenvalue weighted by Crippen LogP contribution is -1.82. The molecule has 0 aliphatic rings. The van der Waals surface area contributed by atoms with Gasteiger partial charge in [0.25, 0.3) is 0 Å². The Labute approximate surface area is 39.4 Å². The number of hydrogen-bond donors (Lipinski definition) is 1. The standard InChI is InChI=1S/C3H5BrO/c1-2-3(4)5/h2-3,5H,1H2. The third kappa shape index (κ3) is 4.18. The van der Waals surface area contributed by atoms with Crippen molar-refractivity contribution < 1.29 is 5.11 Å². The van der Waals surface area contributed by atoms with Crippen molar-refractivity contribution in [1.29, 1.82) is 0 Å². The van der Waals surface area contributed by atoms with Crippen LogP contribution in [0.1, 0.15) is 0 Å². The van der Waals surface area contributed by atoms with Gasteiger partial charge in [0.2, 0.25) is 0 Å². The molecule has 0 radical (unpaired) electrons. The van der Waals surface area contributed by atoms with E-state index >= 15 is 0 Å². The van der Waals surface area contributed by atoms with Crippen molar-refractivity contribution in [3.05, 3.63) is 12.7 Å². The Kier molecular flexibility index (Phi) is 2.51. The zero-order valence-electron chi connectivity index (χ0n) is 2.69. The molecule has 1 nitrogen and oxygen atoms in total. The van der Waals surface area contributed by atoms with Gasteiger partial charge in [0.05, 0.1) is 0 Å². The number of hydrogen-bond acceptors (Lipinski definition) is 1. The second-order valence-corrected chi connectivity index (χ2v) is 1.55. The van der Waals surface area contributed by atoms with Crippen LogP contribution in [0.15, 0.2) is 12.7 Å². The normalized spacial score (nSPS) is 14.0. The van der Waals surface area contributed by atoms with E-state index in [2.05, 4.69) is 22.5 Å². The van der Waals surface area contributed by atoms with Crippen LogP contribution in [0, 0.1) is 0 Å². The molecule has 0 saturated carbocycles. The van der Waals surface area contributed by atoms with Crippen molar-refractivity contribution in [3.63, 3.8) is 0 Å². The Bertz CT molecular complexity index is 33.9. The molecular formula is C3H5BrO. The summed E-state index contributed by atoms with van der Waals surface area (Å²) in [5.41, 5.74) is 0. The lowest BCUT2D eigenvalue weighted by Gasteiger charge is -1.81. The van der Waals surface area contributed by atoms with Gasteiger partial charge in [-0.3, -0.25) is 0 Å². The molecule has 1 unspecified atom stereocenters. The first kappa shape index (κ1) is 5.18. The fourth-order valence-corrected chi connectivity index (χ4v) is 0. The molecule has 0 spiro atoms. The zero-order valence-corrected chi connectivity index (χ0v) is 4.27. The van der Waals surface area contributed by atoms with E-state index in [1.807, 2.05) is 0 Å². The molecule has 2 heteroatoms. The highest BCUT2D eigenvalue weighted by atomic mass is 79.9. The van der Waals surface area contributed by atoms with Crippen LogP contribution in [0.5, 0.6) is 0 Å². The van der Waals surface area contributed by atoms with Gasteiger partial charge in [-0.05, 0) is 0 Å². The molecule has 0 fully saturated rings. The van der Waals surface area contributed by atoms with Gasteiger partial charge in [0.1, 0.15) is 5.01 Å². The second kappa shape index (κ2) is 2.42. The molecule has 0 aromatic carbocycles. The van der Waals surface area contributed by atoms with E-state index in [1.54, 1.807) is 0 Å². The SMILES string of the molecule is C=CC(O)Br. The average Bonchev–Trinajstić information content (AvgIpc) is 1.38. The van der Waals surface area contributed by atoms with Crippen LogP contribution in [0.25, 0.3) is 0 Å². The van der Waals surface area contributed by atoms with Gasteiger partial charge in [0.15, 0.2) is 0 Å². The summed E-state index contributed by atoms with van der Waals surface area (Å²) in [5, 5.41) is 7.62. The second-order valence-electron chi connectivity index (χ2n) is 0.608. The molecule has 0 aliphatic heterocycles. The summed E-state index contributed by atoms with van der Waals surface area (Å²) in [7, 11) is 0. The van der Waals surface area contributed by atoms with E-state index in [1.165, 1.54) is 6.08 Å². The summed E-state index contributed by atoms with van der Waals surface area (Å²) in [4.78, 5) is 0. The first-order valence-corrected chi connectivity index (χ1v) is 2.13. The fraction of sp³-hybridized carbons (Fsp3) is 0.333. The third-order valence-electron chi connectivity index (χ3n) is 0.194. The quantitative estimate of drug-likeness (QED) is 0.420. The molecule has 30 valence electrons. The summed E-state index contributed by atoms with van der Waals surface area (Å²) in [6.45, 7) is 3.26. The molecule has 0 saturated heterocycles. The summed E-state index contributed by atoms with van der Waals surface area (Å²) < 4.78 is 0. The van der Waals surface area contributed by atoms with Gasteiger partial charge in [-0.15, -0.1) is 0 Å². The van der Waals surface area contributed by atoms with Crippen LogP contribution < -0.4 is 0 Å².